The number of hydrogen-bond donors (Lipinski definition) is 1. The largest absolute Gasteiger partial charge is 0.496 e. The van der Waals surface area contributed by atoms with E-state index in [9.17, 15) is 0 Å². The van der Waals surface area contributed by atoms with E-state index < -0.39 is 0 Å². The molecule has 1 aromatic heterocycles. The van der Waals surface area contributed by atoms with Gasteiger partial charge in [0.05, 0.1) is 32.4 Å². The first-order valence-electron chi connectivity index (χ1n) is 7.34. The SMILES string of the molecule is CCC[NH2+]CC[C@@H](c1ccco1)c1ccccc1OC. The maximum absolute atomic E-state index is 5.64. The van der Waals surface area contributed by atoms with Crippen LogP contribution in [0.15, 0.2) is 47.1 Å². The predicted octanol–water partition coefficient (Wildman–Crippen LogP) is 2.78. The lowest BCUT2D eigenvalue weighted by molar-refractivity contribution is -0.655. The number of methoxy groups -OCH3 is 1. The number of furan rings is 1. The third-order valence-corrected chi connectivity index (χ3v) is 3.55. The molecule has 0 radical (unpaired) electrons. The molecule has 0 aliphatic heterocycles. The number of benzene rings is 1. The van der Waals surface area contributed by atoms with Gasteiger partial charge in [0.15, 0.2) is 0 Å². The van der Waals surface area contributed by atoms with Crippen molar-refractivity contribution in [1.29, 1.82) is 0 Å². The zero-order chi connectivity index (χ0) is 14.2. The summed E-state index contributed by atoms with van der Waals surface area (Å²) in [7, 11) is 1.72. The third-order valence-electron chi connectivity index (χ3n) is 3.55. The standard InChI is InChI=1S/C17H23NO2/c1-3-11-18-12-10-15(17-9-6-13-20-17)14-7-4-5-8-16(14)19-2/h4-9,13,15,18H,3,10-12H2,1-2H3/p+1/t15-/m1/s1. The lowest BCUT2D eigenvalue weighted by atomic mass is 9.92. The van der Waals surface area contributed by atoms with Crippen molar-refractivity contribution in [2.75, 3.05) is 20.2 Å². The van der Waals surface area contributed by atoms with Crippen molar-refractivity contribution >= 4 is 0 Å². The Morgan fingerprint density at radius 1 is 1.15 bits per heavy atom. The van der Waals surface area contributed by atoms with Crippen LogP contribution < -0.4 is 10.1 Å². The predicted molar refractivity (Wildman–Crippen MR) is 80.1 cm³/mol. The van der Waals surface area contributed by atoms with E-state index in [0.29, 0.717) is 0 Å². The second-order valence-electron chi connectivity index (χ2n) is 4.96. The van der Waals surface area contributed by atoms with Gasteiger partial charge in [-0.25, -0.2) is 0 Å². The highest BCUT2D eigenvalue weighted by atomic mass is 16.5. The van der Waals surface area contributed by atoms with Crippen molar-refractivity contribution in [2.45, 2.75) is 25.7 Å². The number of hydrogen-bond acceptors (Lipinski definition) is 2. The Bertz CT molecular complexity index is 493. The molecule has 1 heterocycles. The summed E-state index contributed by atoms with van der Waals surface area (Å²) in [6, 6.07) is 12.2. The molecular weight excluding hydrogens is 250 g/mol. The van der Waals surface area contributed by atoms with Gasteiger partial charge in [0.25, 0.3) is 0 Å². The summed E-state index contributed by atoms with van der Waals surface area (Å²) in [6.07, 6.45) is 4.00. The van der Waals surface area contributed by atoms with Gasteiger partial charge in [-0.2, -0.15) is 0 Å². The van der Waals surface area contributed by atoms with E-state index in [0.717, 1.165) is 24.5 Å². The van der Waals surface area contributed by atoms with Crippen molar-refractivity contribution in [2.24, 2.45) is 0 Å². The molecule has 2 rings (SSSR count). The van der Waals surface area contributed by atoms with Gasteiger partial charge in [-0.3, -0.25) is 0 Å². The minimum Gasteiger partial charge on any atom is -0.496 e. The summed E-state index contributed by atoms with van der Waals surface area (Å²) in [5, 5.41) is 2.37. The average molecular weight is 274 g/mol. The molecule has 3 nitrogen and oxygen atoms in total. The molecule has 0 aliphatic rings. The first-order chi connectivity index (χ1) is 9.86. The molecule has 0 fully saturated rings. The molecule has 1 aromatic carbocycles. The summed E-state index contributed by atoms with van der Waals surface area (Å²) < 4.78 is 11.1. The van der Waals surface area contributed by atoms with Crippen molar-refractivity contribution in [3.05, 3.63) is 54.0 Å². The minimum absolute atomic E-state index is 0.259. The Kier molecular flexibility index (Phi) is 5.69. The third kappa shape index (κ3) is 3.64. The van der Waals surface area contributed by atoms with Crippen molar-refractivity contribution in [3.63, 3.8) is 0 Å². The molecule has 2 N–H and O–H groups in total. The molecule has 1 atom stereocenters. The van der Waals surface area contributed by atoms with Gasteiger partial charge in [-0.05, 0) is 24.6 Å². The van der Waals surface area contributed by atoms with Gasteiger partial charge >= 0.3 is 0 Å². The molecule has 0 unspecified atom stereocenters. The highest BCUT2D eigenvalue weighted by Gasteiger charge is 2.20. The van der Waals surface area contributed by atoms with Gasteiger partial charge in [0.1, 0.15) is 11.5 Å². The Labute approximate surface area is 121 Å². The van der Waals surface area contributed by atoms with Gasteiger partial charge in [-0.15, -0.1) is 0 Å². The van der Waals surface area contributed by atoms with Gasteiger partial charge in [-0.1, -0.05) is 25.1 Å². The number of ether oxygens (including phenoxy) is 1. The fourth-order valence-electron chi connectivity index (χ4n) is 2.53. The van der Waals surface area contributed by atoms with Crippen LogP contribution in [0.25, 0.3) is 0 Å². The first kappa shape index (κ1) is 14.7. The fraction of sp³-hybridized carbons (Fsp3) is 0.412. The Hall–Kier alpha value is -1.74. The van der Waals surface area contributed by atoms with Crippen LogP contribution in [0.2, 0.25) is 0 Å². The summed E-state index contributed by atoms with van der Waals surface area (Å²) >= 11 is 0. The van der Waals surface area contributed by atoms with E-state index >= 15 is 0 Å². The smallest absolute Gasteiger partial charge is 0.122 e. The monoisotopic (exact) mass is 274 g/mol. The highest BCUT2D eigenvalue weighted by molar-refractivity contribution is 5.39. The van der Waals surface area contributed by atoms with E-state index in [1.807, 2.05) is 18.2 Å². The summed E-state index contributed by atoms with van der Waals surface area (Å²) in [5.41, 5.74) is 1.20. The average Bonchev–Trinajstić information content (AvgIpc) is 3.01. The maximum Gasteiger partial charge on any atom is 0.122 e. The first-order valence-corrected chi connectivity index (χ1v) is 7.34. The number of nitrogens with two attached hydrogens (primary N) is 1. The van der Waals surface area contributed by atoms with Gasteiger partial charge in [0, 0.05) is 12.0 Å². The number of quaternary nitrogens is 1. The topological polar surface area (TPSA) is 39.0 Å². The maximum atomic E-state index is 5.64. The second kappa shape index (κ2) is 7.75. The van der Waals surface area contributed by atoms with E-state index in [2.05, 4.69) is 30.4 Å². The lowest BCUT2D eigenvalue weighted by Gasteiger charge is -2.17. The number of rotatable bonds is 8. The van der Waals surface area contributed by atoms with Crippen molar-refractivity contribution in [3.8, 4) is 5.75 Å². The Morgan fingerprint density at radius 2 is 2.00 bits per heavy atom. The molecular formula is C17H24NO2+. The molecule has 0 spiro atoms. The van der Waals surface area contributed by atoms with Crippen LogP contribution >= 0.6 is 0 Å². The zero-order valence-electron chi connectivity index (χ0n) is 12.3. The van der Waals surface area contributed by atoms with Crippen LogP contribution in [-0.4, -0.2) is 20.2 Å². The van der Waals surface area contributed by atoms with Crippen molar-refractivity contribution in [1.82, 2.24) is 0 Å². The summed E-state index contributed by atoms with van der Waals surface area (Å²) in [6.45, 7) is 4.48. The molecule has 20 heavy (non-hydrogen) atoms. The molecule has 0 saturated carbocycles. The molecule has 0 aliphatic carbocycles. The Balaban J connectivity index is 2.18. The molecule has 108 valence electrons. The molecule has 0 amide bonds. The fourth-order valence-corrected chi connectivity index (χ4v) is 2.53. The van der Waals surface area contributed by atoms with E-state index in [1.54, 1.807) is 13.4 Å². The van der Waals surface area contributed by atoms with Crippen LogP contribution in [0, 0.1) is 0 Å². The molecule has 0 bridgehead atoms. The summed E-state index contributed by atoms with van der Waals surface area (Å²) in [5.74, 6) is 2.21. The normalized spacial score (nSPS) is 12.3. The zero-order valence-corrected chi connectivity index (χ0v) is 12.3. The quantitative estimate of drug-likeness (QED) is 0.752. The minimum atomic E-state index is 0.259. The molecule has 0 saturated heterocycles. The summed E-state index contributed by atoms with van der Waals surface area (Å²) in [4.78, 5) is 0. The lowest BCUT2D eigenvalue weighted by Crippen LogP contribution is -2.84. The van der Waals surface area contributed by atoms with Crippen molar-refractivity contribution < 1.29 is 14.5 Å². The van der Waals surface area contributed by atoms with E-state index in [4.69, 9.17) is 9.15 Å². The van der Waals surface area contributed by atoms with Crippen LogP contribution in [0.5, 0.6) is 5.75 Å². The van der Waals surface area contributed by atoms with E-state index in [-0.39, 0.29) is 5.92 Å². The van der Waals surface area contributed by atoms with Crippen LogP contribution in [-0.2, 0) is 0 Å². The Morgan fingerprint density at radius 3 is 2.70 bits per heavy atom. The van der Waals surface area contributed by atoms with Crippen LogP contribution in [0.4, 0.5) is 0 Å². The van der Waals surface area contributed by atoms with Crippen LogP contribution in [0.3, 0.4) is 0 Å². The number of para-hydroxylation sites is 1. The van der Waals surface area contributed by atoms with Gasteiger partial charge in [0.2, 0.25) is 0 Å². The molecule has 3 heteroatoms. The second-order valence-corrected chi connectivity index (χ2v) is 4.96. The van der Waals surface area contributed by atoms with Crippen LogP contribution in [0.1, 0.15) is 37.0 Å². The van der Waals surface area contributed by atoms with E-state index in [1.165, 1.54) is 18.5 Å². The molecule has 2 aromatic rings. The highest BCUT2D eigenvalue weighted by Crippen LogP contribution is 2.33. The van der Waals surface area contributed by atoms with Gasteiger partial charge < -0.3 is 14.5 Å².